The summed E-state index contributed by atoms with van der Waals surface area (Å²) in [5.41, 5.74) is 0.532. The molecule has 11 heteroatoms. The van der Waals surface area contributed by atoms with Crippen LogP contribution in [-0.2, 0) is 28.5 Å². The highest BCUT2D eigenvalue weighted by molar-refractivity contribution is 6.03. The number of nitro groups is 1. The quantitative estimate of drug-likeness (QED) is 0.383. The summed E-state index contributed by atoms with van der Waals surface area (Å²) in [6.45, 7) is 4.62. The maximum atomic E-state index is 12.4. The van der Waals surface area contributed by atoms with Gasteiger partial charge in [-0.05, 0) is 26.0 Å². The number of anilines is 2. The van der Waals surface area contributed by atoms with Crippen LogP contribution in [0.15, 0.2) is 29.5 Å². The third-order valence-corrected chi connectivity index (χ3v) is 5.06. The number of hydrogen-bond donors (Lipinski definition) is 0. The van der Waals surface area contributed by atoms with Gasteiger partial charge in [-0.3, -0.25) is 10.1 Å². The molecule has 0 aromatic heterocycles. The van der Waals surface area contributed by atoms with E-state index in [-0.39, 0.29) is 42.5 Å². The van der Waals surface area contributed by atoms with Gasteiger partial charge in [0.05, 0.1) is 49.2 Å². The number of esters is 2. The topological polar surface area (TPSA) is 121 Å². The predicted octanol–water partition coefficient (Wildman–Crippen LogP) is 1.60. The van der Waals surface area contributed by atoms with E-state index in [0.717, 1.165) is 0 Å². The van der Waals surface area contributed by atoms with Crippen molar-refractivity contribution in [3.05, 3.63) is 39.6 Å². The second-order valence-electron chi connectivity index (χ2n) is 7.31. The highest BCUT2D eigenvalue weighted by Crippen LogP contribution is 2.36. The number of nitrogens with zero attached hydrogens (tertiary/aromatic N) is 3. The van der Waals surface area contributed by atoms with E-state index in [2.05, 4.69) is 0 Å². The first-order valence-electron chi connectivity index (χ1n) is 9.70. The second-order valence-corrected chi connectivity index (χ2v) is 7.31. The molecule has 2 aliphatic heterocycles. The molecule has 1 saturated heterocycles. The van der Waals surface area contributed by atoms with Gasteiger partial charge in [-0.1, -0.05) is 0 Å². The Morgan fingerprint density at radius 3 is 2.35 bits per heavy atom. The first-order valence-corrected chi connectivity index (χ1v) is 9.70. The van der Waals surface area contributed by atoms with E-state index in [1.165, 1.54) is 25.2 Å². The van der Waals surface area contributed by atoms with Crippen LogP contribution in [0.3, 0.4) is 0 Å². The van der Waals surface area contributed by atoms with E-state index in [1.54, 1.807) is 12.1 Å². The van der Waals surface area contributed by atoms with E-state index < -0.39 is 16.9 Å². The SMILES string of the molecule is COC(=O)C1=C(C(=O)OC)N(c2ccc(N3CC(C)OC(C)C3)c([N+](=O)[O-])c2)COC1. The Labute approximate surface area is 179 Å². The molecule has 0 bridgehead atoms. The van der Waals surface area contributed by atoms with E-state index in [1.807, 2.05) is 18.7 Å². The average molecular weight is 435 g/mol. The summed E-state index contributed by atoms with van der Waals surface area (Å²) in [7, 11) is 2.37. The van der Waals surface area contributed by atoms with Crippen molar-refractivity contribution in [2.24, 2.45) is 0 Å². The van der Waals surface area contributed by atoms with Gasteiger partial charge >= 0.3 is 11.9 Å². The normalized spacial score (nSPS) is 21.7. The summed E-state index contributed by atoms with van der Waals surface area (Å²) in [6, 6.07) is 4.62. The molecule has 1 aromatic rings. The molecule has 0 spiro atoms. The zero-order valence-electron chi connectivity index (χ0n) is 17.8. The van der Waals surface area contributed by atoms with Crippen LogP contribution in [0.2, 0.25) is 0 Å². The molecule has 0 radical (unpaired) electrons. The lowest BCUT2D eigenvalue weighted by molar-refractivity contribution is -0.384. The van der Waals surface area contributed by atoms with E-state index in [4.69, 9.17) is 18.9 Å². The van der Waals surface area contributed by atoms with E-state index in [9.17, 15) is 19.7 Å². The molecular weight excluding hydrogens is 410 g/mol. The molecule has 0 saturated carbocycles. The molecule has 2 unspecified atom stereocenters. The van der Waals surface area contributed by atoms with Crippen LogP contribution >= 0.6 is 0 Å². The largest absolute Gasteiger partial charge is 0.466 e. The first kappa shape index (κ1) is 22.5. The number of rotatable bonds is 5. The fraction of sp³-hybridized carbons (Fsp3) is 0.500. The van der Waals surface area contributed by atoms with Crippen LogP contribution < -0.4 is 9.80 Å². The molecule has 11 nitrogen and oxygen atoms in total. The minimum Gasteiger partial charge on any atom is -0.466 e. The Hall–Kier alpha value is -3.18. The minimum atomic E-state index is -0.772. The minimum absolute atomic E-state index is 0.0249. The Kier molecular flexibility index (Phi) is 6.76. The lowest BCUT2D eigenvalue weighted by atomic mass is 10.1. The number of carbonyl (C=O) groups excluding carboxylic acids is 2. The van der Waals surface area contributed by atoms with Crippen LogP contribution in [-0.4, -0.2) is 69.7 Å². The van der Waals surface area contributed by atoms with Crippen molar-refractivity contribution in [2.45, 2.75) is 26.1 Å². The second kappa shape index (κ2) is 9.31. The third kappa shape index (κ3) is 4.62. The van der Waals surface area contributed by atoms with E-state index >= 15 is 0 Å². The van der Waals surface area contributed by atoms with Gasteiger partial charge in [-0.2, -0.15) is 0 Å². The van der Waals surface area contributed by atoms with E-state index in [0.29, 0.717) is 24.5 Å². The summed E-state index contributed by atoms with van der Waals surface area (Å²) in [6.07, 6.45) is -0.148. The number of carbonyl (C=O) groups is 2. The molecule has 2 atom stereocenters. The maximum absolute atomic E-state index is 12.4. The number of morpholine rings is 1. The van der Waals surface area contributed by atoms with Gasteiger partial charge in [0.25, 0.3) is 5.69 Å². The number of hydrogen-bond acceptors (Lipinski definition) is 10. The smallest absolute Gasteiger partial charge is 0.355 e. The number of benzene rings is 1. The molecule has 1 aromatic carbocycles. The van der Waals surface area contributed by atoms with Gasteiger partial charge in [0.15, 0.2) is 0 Å². The summed E-state index contributed by atoms with van der Waals surface area (Å²) in [5.74, 6) is -1.52. The molecule has 0 aliphatic carbocycles. The predicted molar refractivity (Wildman–Crippen MR) is 110 cm³/mol. The van der Waals surface area contributed by atoms with Crippen LogP contribution in [0, 0.1) is 10.1 Å². The highest BCUT2D eigenvalue weighted by Gasteiger charge is 2.34. The zero-order valence-corrected chi connectivity index (χ0v) is 17.8. The van der Waals surface area contributed by atoms with Gasteiger partial charge < -0.3 is 28.7 Å². The van der Waals surface area contributed by atoms with Gasteiger partial charge in [0.2, 0.25) is 0 Å². The van der Waals surface area contributed by atoms with Crippen molar-refractivity contribution < 1.29 is 33.5 Å². The van der Waals surface area contributed by atoms with Crippen LogP contribution in [0.25, 0.3) is 0 Å². The lowest BCUT2D eigenvalue weighted by Crippen LogP contribution is -2.45. The third-order valence-electron chi connectivity index (χ3n) is 5.06. The highest BCUT2D eigenvalue weighted by atomic mass is 16.6. The van der Waals surface area contributed by atoms with Crippen LogP contribution in [0.5, 0.6) is 0 Å². The Bertz CT molecular complexity index is 906. The maximum Gasteiger partial charge on any atom is 0.355 e. The van der Waals surface area contributed by atoms with Crippen molar-refractivity contribution >= 4 is 29.0 Å². The number of ether oxygens (including phenoxy) is 4. The molecule has 2 heterocycles. The standard InChI is InChI=1S/C20H25N3O8/c1-12-8-21(9-13(2)31-12)16-6-5-14(7-17(16)23(26)27)22-11-30-10-15(19(24)28-3)18(22)20(25)29-4/h5-7,12-13H,8-11H2,1-4H3. The van der Waals surface area contributed by atoms with Crippen molar-refractivity contribution in [2.75, 3.05) is 50.4 Å². The Morgan fingerprint density at radius 2 is 1.77 bits per heavy atom. The first-order chi connectivity index (χ1) is 14.8. The Balaban J connectivity index is 2.06. The monoisotopic (exact) mass is 435 g/mol. The molecule has 31 heavy (non-hydrogen) atoms. The van der Waals surface area contributed by atoms with Gasteiger partial charge in [0, 0.05) is 19.2 Å². The number of nitro benzene ring substituents is 1. The van der Waals surface area contributed by atoms with Crippen molar-refractivity contribution in [3.63, 3.8) is 0 Å². The van der Waals surface area contributed by atoms with Crippen molar-refractivity contribution in [1.82, 2.24) is 0 Å². The van der Waals surface area contributed by atoms with Crippen LogP contribution in [0.1, 0.15) is 13.8 Å². The van der Waals surface area contributed by atoms with Crippen molar-refractivity contribution in [1.29, 1.82) is 0 Å². The summed E-state index contributed by atoms with van der Waals surface area (Å²) in [5, 5.41) is 11.9. The molecule has 1 fully saturated rings. The number of methoxy groups -OCH3 is 2. The molecule has 0 N–H and O–H groups in total. The summed E-state index contributed by atoms with van der Waals surface area (Å²) in [4.78, 5) is 39.3. The van der Waals surface area contributed by atoms with Gasteiger partial charge in [-0.25, -0.2) is 9.59 Å². The van der Waals surface area contributed by atoms with Crippen molar-refractivity contribution in [3.8, 4) is 0 Å². The molecule has 2 aliphatic rings. The summed E-state index contributed by atoms with van der Waals surface area (Å²) < 4.78 is 20.7. The zero-order chi connectivity index (χ0) is 22.7. The molecule has 0 amide bonds. The summed E-state index contributed by atoms with van der Waals surface area (Å²) >= 11 is 0. The molecule has 3 rings (SSSR count). The van der Waals surface area contributed by atoms with Gasteiger partial charge in [0.1, 0.15) is 18.1 Å². The average Bonchev–Trinajstić information content (AvgIpc) is 2.76. The van der Waals surface area contributed by atoms with Gasteiger partial charge in [-0.15, -0.1) is 0 Å². The molecular formula is C20H25N3O8. The lowest BCUT2D eigenvalue weighted by Gasteiger charge is -2.37. The van der Waals surface area contributed by atoms with Crippen LogP contribution in [0.4, 0.5) is 17.1 Å². The molecule has 168 valence electrons. The fourth-order valence-electron chi connectivity index (χ4n) is 3.82. The fourth-order valence-corrected chi connectivity index (χ4v) is 3.82. The Morgan fingerprint density at radius 1 is 1.13 bits per heavy atom.